The van der Waals surface area contributed by atoms with Crippen LogP contribution in [0.5, 0.6) is 0 Å². The molecule has 0 aliphatic rings. The monoisotopic (exact) mass is 237 g/mol. The molecular weight excluding hydrogens is 218 g/mol. The predicted octanol–water partition coefficient (Wildman–Crippen LogP) is 0.778. The van der Waals surface area contributed by atoms with Gasteiger partial charge in [0.1, 0.15) is 17.5 Å². The van der Waals surface area contributed by atoms with E-state index in [9.17, 15) is 4.79 Å². The number of carbonyl (C=O) groups excluding carboxylic acids is 1. The molecule has 6 heteroatoms. The molecule has 6 nitrogen and oxygen atoms in total. The number of carbonyl (C=O) groups is 1. The fourth-order valence-corrected chi connectivity index (χ4v) is 1.29. The van der Waals surface area contributed by atoms with E-state index in [2.05, 4.69) is 15.3 Å². The van der Waals surface area contributed by atoms with Crippen molar-refractivity contribution in [2.24, 2.45) is 5.73 Å². The lowest BCUT2D eigenvalue weighted by Gasteiger charge is -2.12. The van der Waals surface area contributed by atoms with E-state index in [-0.39, 0.29) is 18.2 Å². The number of nitrogens with two attached hydrogens (primary N) is 2. The molecule has 0 saturated heterocycles. The summed E-state index contributed by atoms with van der Waals surface area (Å²) < 4.78 is 0. The molecule has 0 aliphatic carbocycles. The third kappa shape index (κ3) is 3.58. The average Bonchev–Trinajstić information content (AvgIpc) is 2.23. The predicted molar refractivity (Wildman–Crippen MR) is 67.6 cm³/mol. The molecule has 0 spiro atoms. The highest BCUT2D eigenvalue weighted by Crippen LogP contribution is 2.20. The van der Waals surface area contributed by atoms with Crippen LogP contribution in [0.2, 0.25) is 0 Å². The summed E-state index contributed by atoms with van der Waals surface area (Å²) in [5.41, 5.74) is 11.7. The van der Waals surface area contributed by atoms with Gasteiger partial charge in [0.25, 0.3) is 0 Å². The zero-order valence-electron chi connectivity index (χ0n) is 10.4. The Morgan fingerprint density at radius 2 is 2.06 bits per heavy atom. The zero-order valence-corrected chi connectivity index (χ0v) is 10.4. The molecule has 1 aromatic heterocycles. The van der Waals surface area contributed by atoms with Gasteiger partial charge in [-0.25, -0.2) is 9.97 Å². The summed E-state index contributed by atoms with van der Waals surface area (Å²) in [4.78, 5) is 19.2. The van der Waals surface area contributed by atoms with Crippen LogP contribution in [0.3, 0.4) is 0 Å². The van der Waals surface area contributed by atoms with Gasteiger partial charge in [0.15, 0.2) is 0 Å². The number of nitrogen functional groups attached to an aromatic ring is 1. The molecule has 0 saturated carbocycles. The van der Waals surface area contributed by atoms with E-state index in [1.165, 1.54) is 0 Å². The van der Waals surface area contributed by atoms with Gasteiger partial charge in [0.2, 0.25) is 5.91 Å². The van der Waals surface area contributed by atoms with Crippen LogP contribution in [0.15, 0.2) is 0 Å². The quantitative estimate of drug-likeness (QED) is 0.701. The lowest BCUT2D eigenvalue weighted by Crippen LogP contribution is -2.17. The fourth-order valence-electron chi connectivity index (χ4n) is 1.29. The Morgan fingerprint density at radius 1 is 1.41 bits per heavy atom. The van der Waals surface area contributed by atoms with Crippen molar-refractivity contribution in [2.45, 2.75) is 33.1 Å². The maximum Gasteiger partial charge on any atom is 0.219 e. The topological polar surface area (TPSA) is 107 Å². The molecule has 0 fully saturated rings. The van der Waals surface area contributed by atoms with E-state index in [1.807, 2.05) is 20.8 Å². The molecule has 1 rings (SSSR count). The Hall–Kier alpha value is -1.85. The van der Waals surface area contributed by atoms with Gasteiger partial charge in [0, 0.05) is 24.4 Å². The lowest BCUT2D eigenvalue weighted by molar-refractivity contribution is -0.117. The summed E-state index contributed by atoms with van der Waals surface area (Å²) in [5, 5.41) is 3.05. The van der Waals surface area contributed by atoms with Gasteiger partial charge in [-0.2, -0.15) is 0 Å². The number of rotatable bonds is 5. The van der Waals surface area contributed by atoms with Crippen LogP contribution in [0.25, 0.3) is 0 Å². The maximum atomic E-state index is 10.6. The first kappa shape index (κ1) is 13.2. The van der Waals surface area contributed by atoms with Gasteiger partial charge in [-0.15, -0.1) is 0 Å². The number of nitrogens with zero attached hydrogens (tertiary/aromatic N) is 2. The van der Waals surface area contributed by atoms with E-state index in [0.717, 1.165) is 5.56 Å². The Labute approximate surface area is 101 Å². The van der Waals surface area contributed by atoms with Crippen molar-refractivity contribution in [1.82, 2.24) is 9.97 Å². The first-order valence-corrected chi connectivity index (χ1v) is 5.58. The minimum Gasteiger partial charge on any atom is -0.383 e. The number of anilines is 2. The van der Waals surface area contributed by atoms with Crippen molar-refractivity contribution in [3.63, 3.8) is 0 Å². The SMILES string of the molecule is Cc1c(N)nc(C(C)C)nc1NCCC(N)=O. The second-order valence-electron chi connectivity index (χ2n) is 4.24. The van der Waals surface area contributed by atoms with Crippen molar-refractivity contribution in [3.8, 4) is 0 Å². The highest BCUT2D eigenvalue weighted by molar-refractivity contribution is 5.74. The molecule has 1 aromatic rings. The molecule has 17 heavy (non-hydrogen) atoms. The molecule has 0 aromatic carbocycles. The van der Waals surface area contributed by atoms with Gasteiger partial charge < -0.3 is 16.8 Å². The lowest BCUT2D eigenvalue weighted by atomic mass is 10.2. The van der Waals surface area contributed by atoms with Crippen LogP contribution in [-0.4, -0.2) is 22.4 Å². The third-order valence-corrected chi connectivity index (χ3v) is 2.38. The van der Waals surface area contributed by atoms with Gasteiger partial charge in [-0.05, 0) is 6.92 Å². The van der Waals surface area contributed by atoms with Crippen molar-refractivity contribution < 1.29 is 4.79 Å². The average molecular weight is 237 g/mol. The van der Waals surface area contributed by atoms with E-state index < -0.39 is 0 Å². The van der Waals surface area contributed by atoms with Crippen LogP contribution in [0, 0.1) is 6.92 Å². The van der Waals surface area contributed by atoms with E-state index >= 15 is 0 Å². The van der Waals surface area contributed by atoms with E-state index in [4.69, 9.17) is 11.5 Å². The second kappa shape index (κ2) is 5.47. The number of nitrogens with one attached hydrogen (secondary N) is 1. The molecule has 0 bridgehead atoms. The highest BCUT2D eigenvalue weighted by Gasteiger charge is 2.10. The minimum atomic E-state index is -0.346. The zero-order chi connectivity index (χ0) is 13.0. The highest BCUT2D eigenvalue weighted by atomic mass is 16.1. The van der Waals surface area contributed by atoms with Gasteiger partial charge >= 0.3 is 0 Å². The molecule has 94 valence electrons. The van der Waals surface area contributed by atoms with Crippen LogP contribution < -0.4 is 16.8 Å². The maximum absolute atomic E-state index is 10.6. The Balaban J connectivity index is 2.86. The summed E-state index contributed by atoms with van der Waals surface area (Å²) in [6.07, 6.45) is 0.264. The largest absolute Gasteiger partial charge is 0.383 e. The third-order valence-electron chi connectivity index (χ3n) is 2.38. The Morgan fingerprint density at radius 3 is 2.59 bits per heavy atom. The minimum absolute atomic E-state index is 0.203. The molecule has 0 unspecified atom stereocenters. The first-order valence-electron chi connectivity index (χ1n) is 5.58. The number of amides is 1. The molecule has 0 atom stereocenters. The van der Waals surface area contributed by atoms with E-state index in [1.54, 1.807) is 0 Å². The Kier molecular flexibility index (Phi) is 4.25. The van der Waals surface area contributed by atoms with Gasteiger partial charge in [0.05, 0.1) is 0 Å². The normalized spacial score (nSPS) is 10.6. The summed E-state index contributed by atoms with van der Waals surface area (Å²) in [6, 6.07) is 0. The first-order chi connectivity index (χ1) is 7.91. The molecule has 0 radical (unpaired) electrons. The standard InChI is InChI=1S/C11H19N5O/c1-6(2)10-15-9(13)7(3)11(16-10)14-5-4-8(12)17/h6H,4-5H2,1-3H3,(H2,12,17)(H3,13,14,15,16). The smallest absolute Gasteiger partial charge is 0.219 e. The van der Waals surface area contributed by atoms with Crippen molar-refractivity contribution in [2.75, 3.05) is 17.6 Å². The van der Waals surface area contributed by atoms with Crippen LogP contribution in [-0.2, 0) is 4.79 Å². The van der Waals surface area contributed by atoms with E-state index in [0.29, 0.717) is 24.0 Å². The fraction of sp³-hybridized carbons (Fsp3) is 0.545. The molecule has 0 aliphatic heterocycles. The summed E-state index contributed by atoms with van der Waals surface area (Å²) in [7, 11) is 0. The summed E-state index contributed by atoms with van der Waals surface area (Å²) in [5.74, 6) is 1.68. The molecule has 5 N–H and O–H groups in total. The van der Waals surface area contributed by atoms with Crippen molar-refractivity contribution >= 4 is 17.5 Å². The summed E-state index contributed by atoms with van der Waals surface area (Å²) in [6.45, 7) is 6.28. The van der Waals surface area contributed by atoms with Gasteiger partial charge in [-0.1, -0.05) is 13.8 Å². The van der Waals surface area contributed by atoms with Crippen molar-refractivity contribution in [3.05, 3.63) is 11.4 Å². The molecule has 1 heterocycles. The summed E-state index contributed by atoms with van der Waals surface area (Å²) >= 11 is 0. The second-order valence-corrected chi connectivity index (χ2v) is 4.24. The van der Waals surface area contributed by atoms with Crippen LogP contribution >= 0.6 is 0 Å². The number of primary amides is 1. The van der Waals surface area contributed by atoms with Gasteiger partial charge in [-0.3, -0.25) is 4.79 Å². The Bertz CT molecular complexity index is 417. The number of hydrogen-bond donors (Lipinski definition) is 3. The molecule has 1 amide bonds. The number of aromatic nitrogens is 2. The van der Waals surface area contributed by atoms with Crippen LogP contribution in [0.1, 0.15) is 37.6 Å². The molecular formula is C11H19N5O. The number of hydrogen-bond acceptors (Lipinski definition) is 5. The van der Waals surface area contributed by atoms with Crippen LogP contribution in [0.4, 0.5) is 11.6 Å². The van der Waals surface area contributed by atoms with Crippen molar-refractivity contribution in [1.29, 1.82) is 0 Å².